The van der Waals surface area contributed by atoms with Gasteiger partial charge in [-0.1, -0.05) is 12.8 Å². The molecule has 2 N–H and O–H groups in total. The zero-order valence-corrected chi connectivity index (χ0v) is 15.3. The number of rotatable bonds is 7. The van der Waals surface area contributed by atoms with Crippen molar-refractivity contribution in [3.05, 3.63) is 29.8 Å². The molecule has 1 fully saturated rings. The van der Waals surface area contributed by atoms with Crippen LogP contribution in [-0.2, 0) is 10.0 Å². The molecule has 136 valence electrons. The van der Waals surface area contributed by atoms with Crippen LogP contribution in [0, 0.1) is 12.3 Å². The van der Waals surface area contributed by atoms with Gasteiger partial charge >= 0.3 is 0 Å². The number of nitrogens with one attached hydrogen (secondary N) is 2. The molecule has 7 heteroatoms. The van der Waals surface area contributed by atoms with Gasteiger partial charge in [0.25, 0.3) is 5.91 Å². The first-order valence-corrected chi connectivity index (χ1v) is 10.0. The maximum Gasteiger partial charge on any atom is 0.251 e. The highest BCUT2D eigenvalue weighted by molar-refractivity contribution is 7.89. The van der Waals surface area contributed by atoms with E-state index in [2.05, 4.69) is 27.8 Å². The van der Waals surface area contributed by atoms with E-state index in [9.17, 15) is 13.2 Å². The molecule has 0 atom stereocenters. The predicted molar refractivity (Wildman–Crippen MR) is 97.7 cm³/mol. The fourth-order valence-electron chi connectivity index (χ4n) is 2.89. The summed E-state index contributed by atoms with van der Waals surface area (Å²) in [6.07, 6.45) is 8.08. The summed E-state index contributed by atoms with van der Waals surface area (Å²) < 4.78 is 26.2. The number of carbonyl (C=O) groups excluding carboxylic acids is 1. The minimum absolute atomic E-state index is 0.0682. The fourth-order valence-corrected chi connectivity index (χ4v) is 3.83. The second-order valence-electron chi connectivity index (χ2n) is 6.14. The first kappa shape index (κ1) is 19.4. The Labute approximate surface area is 150 Å². The number of sulfonamides is 1. The summed E-state index contributed by atoms with van der Waals surface area (Å²) in [5.41, 5.74) is 0.451. The number of terminal acetylenes is 1. The molecule has 2 rings (SSSR count). The molecule has 0 radical (unpaired) electrons. The number of hydrogen-bond donors (Lipinski definition) is 2. The highest BCUT2D eigenvalue weighted by atomic mass is 32.2. The largest absolute Gasteiger partial charge is 0.349 e. The van der Waals surface area contributed by atoms with Crippen LogP contribution in [0.3, 0.4) is 0 Å². The summed E-state index contributed by atoms with van der Waals surface area (Å²) in [5.74, 6) is 2.05. The van der Waals surface area contributed by atoms with Crippen molar-refractivity contribution in [2.45, 2.75) is 37.1 Å². The van der Waals surface area contributed by atoms with E-state index in [1.54, 1.807) is 0 Å². The van der Waals surface area contributed by atoms with Gasteiger partial charge < -0.3 is 10.2 Å². The summed E-state index contributed by atoms with van der Waals surface area (Å²) in [7, 11) is -3.63. The molecular weight excluding hydrogens is 338 g/mol. The molecule has 6 nitrogen and oxygen atoms in total. The molecule has 25 heavy (non-hydrogen) atoms. The van der Waals surface area contributed by atoms with Gasteiger partial charge in [0.15, 0.2) is 0 Å². The number of hydrogen-bond acceptors (Lipinski definition) is 4. The number of likely N-dealkylation sites (tertiary alicyclic amines) is 1. The quantitative estimate of drug-likeness (QED) is 0.714. The maximum absolute atomic E-state index is 12.3. The third-order valence-electron chi connectivity index (χ3n) is 4.25. The lowest BCUT2D eigenvalue weighted by Gasteiger charge is -2.32. The molecule has 0 aromatic heterocycles. The van der Waals surface area contributed by atoms with Crippen LogP contribution in [0.25, 0.3) is 0 Å². The Morgan fingerprint density at radius 2 is 1.92 bits per heavy atom. The molecule has 1 aromatic rings. The Kier molecular flexibility index (Phi) is 7.00. The van der Waals surface area contributed by atoms with Crippen LogP contribution < -0.4 is 10.0 Å². The lowest BCUT2D eigenvalue weighted by atomic mass is 10.0. The van der Waals surface area contributed by atoms with Crippen molar-refractivity contribution in [3.63, 3.8) is 0 Å². The van der Waals surface area contributed by atoms with Crippen LogP contribution in [0.4, 0.5) is 0 Å². The predicted octanol–water partition coefficient (Wildman–Crippen LogP) is 1.20. The second-order valence-corrected chi connectivity index (χ2v) is 7.91. The number of nitrogens with zero attached hydrogens (tertiary/aromatic N) is 1. The van der Waals surface area contributed by atoms with Crippen LogP contribution in [0.15, 0.2) is 29.2 Å². The normalized spacial score (nSPS) is 16.3. The third kappa shape index (κ3) is 5.56. The summed E-state index contributed by atoms with van der Waals surface area (Å²) in [5, 5.41) is 3.03. The van der Waals surface area contributed by atoms with E-state index in [1.807, 2.05) is 0 Å². The van der Waals surface area contributed by atoms with Crippen LogP contribution in [0.2, 0.25) is 0 Å². The van der Waals surface area contributed by atoms with Crippen molar-refractivity contribution in [1.29, 1.82) is 0 Å². The van der Waals surface area contributed by atoms with Crippen LogP contribution in [0.5, 0.6) is 0 Å². The molecular formula is C18H25N3O3S. The number of piperidine rings is 1. The first-order valence-electron chi connectivity index (χ1n) is 8.52. The van der Waals surface area contributed by atoms with Crippen molar-refractivity contribution in [2.24, 2.45) is 0 Å². The molecule has 0 aliphatic carbocycles. The monoisotopic (exact) mass is 363 g/mol. The Morgan fingerprint density at radius 1 is 1.28 bits per heavy atom. The molecule has 1 aliphatic rings. The maximum atomic E-state index is 12.3. The summed E-state index contributed by atoms with van der Waals surface area (Å²) >= 11 is 0. The van der Waals surface area contributed by atoms with Crippen LogP contribution in [0.1, 0.15) is 36.5 Å². The molecule has 0 saturated carbocycles. The van der Waals surface area contributed by atoms with Crippen molar-refractivity contribution < 1.29 is 13.2 Å². The van der Waals surface area contributed by atoms with Gasteiger partial charge in [-0.3, -0.25) is 4.79 Å². The number of benzene rings is 1. The molecule has 1 aromatic carbocycles. The van der Waals surface area contributed by atoms with Gasteiger partial charge in [-0.2, -0.15) is 4.72 Å². The van der Waals surface area contributed by atoms with Crippen LogP contribution >= 0.6 is 0 Å². The van der Waals surface area contributed by atoms with Gasteiger partial charge in [-0.25, -0.2) is 8.42 Å². The van der Waals surface area contributed by atoms with Gasteiger partial charge in [0, 0.05) is 24.7 Å². The van der Waals surface area contributed by atoms with Crippen molar-refractivity contribution in [1.82, 2.24) is 14.9 Å². The number of amides is 1. The summed E-state index contributed by atoms with van der Waals surface area (Å²) in [6.45, 7) is 5.19. The first-order chi connectivity index (χ1) is 12.0. The van der Waals surface area contributed by atoms with Gasteiger partial charge in [-0.15, -0.1) is 6.42 Å². The zero-order valence-electron chi connectivity index (χ0n) is 14.5. The molecule has 1 heterocycles. The molecule has 0 spiro atoms. The fraction of sp³-hybridized carbons (Fsp3) is 0.500. The highest BCUT2D eigenvalue weighted by Gasteiger charge is 2.21. The van der Waals surface area contributed by atoms with Crippen LogP contribution in [-0.4, -0.2) is 51.4 Å². The van der Waals surface area contributed by atoms with Crippen molar-refractivity contribution >= 4 is 15.9 Å². The zero-order chi connectivity index (χ0) is 18.3. The SMILES string of the molecule is C#CCNS(=O)(=O)c1ccc(C(=O)NC2CCN(CCC)CC2)cc1. The summed E-state index contributed by atoms with van der Waals surface area (Å²) in [6, 6.07) is 6.04. The second kappa shape index (κ2) is 8.99. The Bertz CT molecular complexity index is 715. The molecule has 1 amide bonds. The van der Waals surface area contributed by atoms with E-state index in [0.29, 0.717) is 5.56 Å². The Morgan fingerprint density at radius 3 is 2.48 bits per heavy atom. The van der Waals surface area contributed by atoms with E-state index in [-0.39, 0.29) is 23.4 Å². The lowest BCUT2D eigenvalue weighted by molar-refractivity contribution is 0.0911. The molecule has 0 unspecified atom stereocenters. The minimum atomic E-state index is -3.63. The van der Waals surface area contributed by atoms with Crippen molar-refractivity contribution in [2.75, 3.05) is 26.2 Å². The van der Waals surface area contributed by atoms with E-state index >= 15 is 0 Å². The van der Waals surface area contributed by atoms with Gasteiger partial charge in [0.1, 0.15) is 0 Å². The minimum Gasteiger partial charge on any atom is -0.349 e. The van der Waals surface area contributed by atoms with Gasteiger partial charge in [0.2, 0.25) is 10.0 Å². The molecule has 0 bridgehead atoms. The summed E-state index contributed by atoms with van der Waals surface area (Å²) in [4.78, 5) is 14.8. The highest BCUT2D eigenvalue weighted by Crippen LogP contribution is 2.13. The smallest absolute Gasteiger partial charge is 0.251 e. The molecule has 1 aliphatic heterocycles. The lowest BCUT2D eigenvalue weighted by Crippen LogP contribution is -2.44. The molecule has 1 saturated heterocycles. The standard InChI is InChI=1S/C18H25N3O3S/c1-3-11-19-25(23,24)17-7-5-15(6-8-17)18(22)20-16-9-13-21(12-4-2)14-10-16/h1,5-8,16,19H,4,9-14H2,2H3,(H,20,22). The van der Waals surface area contributed by atoms with E-state index in [1.165, 1.54) is 24.3 Å². The third-order valence-corrected chi connectivity index (χ3v) is 5.67. The average molecular weight is 363 g/mol. The van der Waals surface area contributed by atoms with Gasteiger partial charge in [-0.05, 0) is 50.1 Å². The number of carbonyl (C=O) groups is 1. The topological polar surface area (TPSA) is 78.5 Å². The van der Waals surface area contributed by atoms with E-state index in [4.69, 9.17) is 6.42 Å². The van der Waals surface area contributed by atoms with Crippen molar-refractivity contribution in [3.8, 4) is 12.3 Å². The van der Waals surface area contributed by atoms with Gasteiger partial charge in [0.05, 0.1) is 11.4 Å². The Balaban J connectivity index is 1.92. The average Bonchev–Trinajstić information content (AvgIpc) is 2.62. The Hall–Kier alpha value is -1.88. The van der Waals surface area contributed by atoms with E-state index in [0.717, 1.165) is 38.9 Å². The van der Waals surface area contributed by atoms with E-state index < -0.39 is 10.0 Å².